The van der Waals surface area contributed by atoms with Crippen molar-refractivity contribution in [1.29, 1.82) is 0 Å². The quantitative estimate of drug-likeness (QED) is 0.603. The number of nitrogens with zero attached hydrogens (tertiary/aromatic N) is 2. The van der Waals surface area contributed by atoms with E-state index >= 15 is 0 Å². The van der Waals surface area contributed by atoms with Crippen molar-refractivity contribution < 1.29 is 13.2 Å². The molecule has 3 aromatic carbocycles. The lowest BCUT2D eigenvalue weighted by atomic mass is 10.0. The molecule has 1 aliphatic rings. The summed E-state index contributed by atoms with van der Waals surface area (Å²) in [7, 11) is -0.691. The monoisotopic (exact) mass is 449 g/mol. The third kappa shape index (κ3) is 4.40. The number of sulfonamides is 1. The number of hydrogen-bond acceptors (Lipinski definition) is 4. The first kappa shape index (κ1) is 22.0. The van der Waals surface area contributed by atoms with Crippen LogP contribution in [0.4, 0.5) is 11.4 Å². The molecule has 0 radical (unpaired) electrons. The summed E-state index contributed by atoms with van der Waals surface area (Å²) in [5, 5.41) is 3.02. The molecule has 1 N–H and O–H groups in total. The summed E-state index contributed by atoms with van der Waals surface area (Å²) in [6, 6.07) is 22.3. The molecule has 6 nitrogen and oxygen atoms in total. The minimum atomic E-state index is -3.66. The van der Waals surface area contributed by atoms with Gasteiger partial charge in [0, 0.05) is 44.1 Å². The SMILES string of the molecule is CN(C)S(=O)(=O)c1ccc(N2CCCC2)c(C(=O)Nc2ccccc2-c2ccccc2)c1. The van der Waals surface area contributed by atoms with Gasteiger partial charge in [-0.15, -0.1) is 0 Å². The molecule has 0 saturated carbocycles. The Morgan fingerprint density at radius 3 is 2.25 bits per heavy atom. The first-order chi connectivity index (χ1) is 15.4. The fourth-order valence-corrected chi connectivity index (χ4v) is 4.88. The summed E-state index contributed by atoms with van der Waals surface area (Å²) in [5.41, 5.74) is 3.69. The standard InChI is InChI=1S/C25H27N3O3S/c1-27(2)32(30,31)20-14-15-24(28-16-8-9-17-28)22(18-20)25(29)26-23-13-7-6-12-21(23)19-10-4-3-5-11-19/h3-7,10-15,18H,8-9,16-17H2,1-2H3,(H,26,29). The van der Waals surface area contributed by atoms with E-state index in [0.29, 0.717) is 11.3 Å². The van der Waals surface area contributed by atoms with Gasteiger partial charge in [-0.2, -0.15) is 0 Å². The first-order valence-electron chi connectivity index (χ1n) is 10.7. The van der Waals surface area contributed by atoms with Crippen molar-refractivity contribution in [3.05, 3.63) is 78.4 Å². The Hall–Kier alpha value is -3.16. The third-order valence-corrected chi connectivity index (χ3v) is 7.51. The molecule has 3 aromatic rings. The highest BCUT2D eigenvalue weighted by atomic mass is 32.2. The van der Waals surface area contributed by atoms with Crippen molar-refractivity contribution in [2.24, 2.45) is 0 Å². The number of anilines is 2. The zero-order chi connectivity index (χ0) is 22.7. The van der Waals surface area contributed by atoms with E-state index in [0.717, 1.165) is 47.1 Å². The maximum Gasteiger partial charge on any atom is 0.257 e. The van der Waals surface area contributed by atoms with E-state index in [9.17, 15) is 13.2 Å². The smallest absolute Gasteiger partial charge is 0.257 e. The Morgan fingerprint density at radius 2 is 1.56 bits per heavy atom. The predicted molar refractivity (Wildman–Crippen MR) is 129 cm³/mol. The number of amides is 1. The molecule has 0 aromatic heterocycles. The molecule has 0 bridgehead atoms. The zero-order valence-corrected chi connectivity index (χ0v) is 19.1. The van der Waals surface area contributed by atoms with Crippen LogP contribution in [-0.4, -0.2) is 45.8 Å². The normalized spacial score (nSPS) is 14.0. The molecule has 1 fully saturated rings. The van der Waals surface area contributed by atoms with Crippen LogP contribution in [-0.2, 0) is 10.0 Å². The van der Waals surface area contributed by atoms with E-state index in [2.05, 4.69) is 10.2 Å². The average Bonchev–Trinajstić information content (AvgIpc) is 3.34. The van der Waals surface area contributed by atoms with Gasteiger partial charge in [-0.05, 0) is 42.7 Å². The predicted octanol–water partition coefficient (Wildman–Crippen LogP) is 4.46. The molecule has 1 heterocycles. The summed E-state index contributed by atoms with van der Waals surface area (Å²) >= 11 is 0. The van der Waals surface area contributed by atoms with Gasteiger partial charge in [-0.25, -0.2) is 12.7 Å². The lowest BCUT2D eigenvalue weighted by Crippen LogP contribution is -2.25. The van der Waals surface area contributed by atoms with Crippen LogP contribution >= 0.6 is 0 Å². The largest absolute Gasteiger partial charge is 0.371 e. The molecular formula is C25H27N3O3S. The average molecular weight is 450 g/mol. The van der Waals surface area contributed by atoms with Crippen LogP contribution in [0.25, 0.3) is 11.1 Å². The Bertz CT molecular complexity index is 1220. The van der Waals surface area contributed by atoms with Gasteiger partial charge in [0.2, 0.25) is 10.0 Å². The second-order valence-electron chi connectivity index (χ2n) is 8.03. The van der Waals surface area contributed by atoms with Gasteiger partial charge in [0.1, 0.15) is 0 Å². The van der Waals surface area contributed by atoms with Crippen LogP contribution in [0.2, 0.25) is 0 Å². The molecule has 0 aliphatic carbocycles. The number of rotatable bonds is 6. The van der Waals surface area contributed by atoms with Crippen molar-refractivity contribution in [3.8, 4) is 11.1 Å². The Labute approximate surface area is 189 Å². The molecular weight excluding hydrogens is 422 g/mol. The summed E-state index contributed by atoms with van der Waals surface area (Å²) in [5.74, 6) is -0.328. The van der Waals surface area contributed by atoms with Crippen molar-refractivity contribution >= 4 is 27.3 Å². The summed E-state index contributed by atoms with van der Waals surface area (Å²) in [4.78, 5) is 15.7. The third-order valence-electron chi connectivity index (χ3n) is 5.70. The van der Waals surface area contributed by atoms with Gasteiger partial charge in [-0.3, -0.25) is 4.79 Å². The lowest BCUT2D eigenvalue weighted by molar-refractivity contribution is 0.102. The van der Waals surface area contributed by atoms with Crippen molar-refractivity contribution in [2.75, 3.05) is 37.4 Å². The molecule has 1 aliphatic heterocycles. The van der Waals surface area contributed by atoms with Gasteiger partial charge in [0.15, 0.2) is 0 Å². The second kappa shape index (κ2) is 9.14. The molecule has 7 heteroatoms. The lowest BCUT2D eigenvalue weighted by Gasteiger charge is -2.22. The minimum Gasteiger partial charge on any atom is -0.371 e. The highest BCUT2D eigenvalue weighted by Gasteiger charge is 2.25. The molecule has 166 valence electrons. The molecule has 4 rings (SSSR count). The van der Waals surface area contributed by atoms with E-state index < -0.39 is 10.0 Å². The molecule has 1 saturated heterocycles. The summed E-state index contributed by atoms with van der Waals surface area (Å²) < 4.78 is 26.6. The van der Waals surface area contributed by atoms with E-state index in [4.69, 9.17) is 0 Å². The highest BCUT2D eigenvalue weighted by molar-refractivity contribution is 7.89. The Balaban J connectivity index is 1.75. The molecule has 0 unspecified atom stereocenters. The van der Waals surface area contributed by atoms with E-state index in [1.807, 2.05) is 54.6 Å². The van der Waals surface area contributed by atoms with E-state index in [1.165, 1.54) is 20.2 Å². The van der Waals surface area contributed by atoms with E-state index in [1.54, 1.807) is 12.1 Å². The Morgan fingerprint density at radius 1 is 0.906 bits per heavy atom. The first-order valence-corrected chi connectivity index (χ1v) is 12.1. The van der Waals surface area contributed by atoms with Gasteiger partial charge in [0.05, 0.1) is 10.5 Å². The van der Waals surface area contributed by atoms with Crippen LogP contribution in [0.5, 0.6) is 0 Å². The minimum absolute atomic E-state index is 0.104. The highest BCUT2D eigenvalue weighted by Crippen LogP contribution is 2.31. The number of benzene rings is 3. The fraction of sp³-hybridized carbons (Fsp3) is 0.240. The number of carbonyl (C=O) groups excluding carboxylic acids is 1. The van der Waals surface area contributed by atoms with Crippen LogP contribution in [0.3, 0.4) is 0 Å². The molecule has 32 heavy (non-hydrogen) atoms. The van der Waals surface area contributed by atoms with Gasteiger partial charge < -0.3 is 10.2 Å². The van der Waals surface area contributed by atoms with Gasteiger partial charge in [0.25, 0.3) is 5.91 Å². The summed E-state index contributed by atoms with van der Waals surface area (Å²) in [6.07, 6.45) is 2.10. The number of nitrogens with one attached hydrogen (secondary N) is 1. The number of carbonyl (C=O) groups is 1. The van der Waals surface area contributed by atoms with Crippen LogP contribution in [0.15, 0.2) is 77.7 Å². The molecule has 0 spiro atoms. The van der Waals surface area contributed by atoms with Crippen LogP contribution < -0.4 is 10.2 Å². The molecule has 0 atom stereocenters. The van der Waals surface area contributed by atoms with Crippen molar-refractivity contribution in [3.63, 3.8) is 0 Å². The number of hydrogen-bond donors (Lipinski definition) is 1. The maximum absolute atomic E-state index is 13.5. The second-order valence-corrected chi connectivity index (χ2v) is 10.2. The number of para-hydroxylation sites is 1. The van der Waals surface area contributed by atoms with E-state index in [-0.39, 0.29) is 10.8 Å². The fourth-order valence-electron chi connectivity index (χ4n) is 3.95. The van der Waals surface area contributed by atoms with Crippen LogP contribution in [0.1, 0.15) is 23.2 Å². The van der Waals surface area contributed by atoms with Gasteiger partial charge in [-0.1, -0.05) is 48.5 Å². The maximum atomic E-state index is 13.5. The zero-order valence-electron chi connectivity index (χ0n) is 18.3. The molecule has 1 amide bonds. The van der Waals surface area contributed by atoms with Crippen molar-refractivity contribution in [1.82, 2.24) is 4.31 Å². The van der Waals surface area contributed by atoms with Crippen LogP contribution in [0, 0.1) is 0 Å². The van der Waals surface area contributed by atoms with Gasteiger partial charge >= 0.3 is 0 Å². The van der Waals surface area contributed by atoms with Crippen molar-refractivity contribution in [2.45, 2.75) is 17.7 Å². The topological polar surface area (TPSA) is 69.7 Å². The Kier molecular flexibility index (Phi) is 6.30. The summed E-state index contributed by atoms with van der Waals surface area (Å²) in [6.45, 7) is 1.70.